The summed E-state index contributed by atoms with van der Waals surface area (Å²) in [6, 6.07) is 6.68. The predicted octanol–water partition coefficient (Wildman–Crippen LogP) is 7.30. The molecule has 2 heterocycles. The quantitative estimate of drug-likeness (QED) is 0.390. The van der Waals surface area contributed by atoms with Crippen LogP contribution in [0.1, 0.15) is 106 Å². The summed E-state index contributed by atoms with van der Waals surface area (Å²) in [5, 5.41) is 0.753. The highest BCUT2D eigenvalue weighted by atomic mass is 35.5. The Morgan fingerprint density at radius 1 is 0.974 bits per heavy atom. The molecule has 0 aromatic heterocycles. The van der Waals surface area contributed by atoms with Crippen molar-refractivity contribution in [3.63, 3.8) is 0 Å². The minimum absolute atomic E-state index is 0.0167. The van der Waals surface area contributed by atoms with Crippen LogP contribution in [0.15, 0.2) is 18.2 Å². The van der Waals surface area contributed by atoms with Crippen molar-refractivity contribution in [1.82, 2.24) is 9.80 Å². The maximum atomic E-state index is 13.9. The van der Waals surface area contributed by atoms with Gasteiger partial charge >= 0.3 is 0 Å². The van der Waals surface area contributed by atoms with Gasteiger partial charge in [0, 0.05) is 47.8 Å². The van der Waals surface area contributed by atoms with Gasteiger partial charge in [-0.2, -0.15) is 0 Å². The summed E-state index contributed by atoms with van der Waals surface area (Å²) in [5.41, 5.74) is 2.31. The molecule has 1 saturated carbocycles. The molecule has 1 aliphatic carbocycles. The molecule has 218 valence electrons. The third-order valence-corrected chi connectivity index (χ3v) is 9.69. The molecule has 3 aliphatic rings. The number of nitrogens with zero attached hydrogens (tertiary/aromatic N) is 3. The van der Waals surface area contributed by atoms with Crippen LogP contribution in [-0.2, 0) is 15.0 Å². The van der Waals surface area contributed by atoms with Gasteiger partial charge in [0.2, 0.25) is 11.8 Å². The number of carbonyl (C=O) groups excluding carboxylic acids is 2. The fraction of sp³-hybridized carbons (Fsp3) is 0.758. The first-order chi connectivity index (χ1) is 18.0. The molecule has 0 bridgehead atoms. The maximum Gasteiger partial charge on any atom is 0.228 e. The Kier molecular flexibility index (Phi) is 8.45. The Labute approximate surface area is 242 Å². The van der Waals surface area contributed by atoms with Gasteiger partial charge in [-0.3, -0.25) is 9.59 Å². The van der Waals surface area contributed by atoms with Crippen molar-refractivity contribution in [2.45, 2.75) is 124 Å². The molecule has 2 aliphatic heterocycles. The zero-order valence-corrected chi connectivity index (χ0v) is 26.7. The topological polar surface area (TPSA) is 43.9 Å². The lowest BCUT2D eigenvalue weighted by Gasteiger charge is -2.45. The van der Waals surface area contributed by atoms with Gasteiger partial charge in [-0.05, 0) is 80.0 Å². The molecule has 3 atom stereocenters. The van der Waals surface area contributed by atoms with E-state index in [0.717, 1.165) is 56.6 Å². The van der Waals surface area contributed by atoms with Crippen LogP contribution in [0.25, 0.3) is 0 Å². The van der Waals surface area contributed by atoms with E-state index in [1.165, 1.54) is 11.3 Å². The minimum Gasteiger partial charge on any atom is -0.370 e. The van der Waals surface area contributed by atoms with E-state index in [0.29, 0.717) is 12.0 Å². The summed E-state index contributed by atoms with van der Waals surface area (Å²) >= 11 is 6.36. The van der Waals surface area contributed by atoms with Crippen LogP contribution in [0.5, 0.6) is 0 Å². The summed E-state index contributed by atoms with van der Waals surface area (Å²) in [4.78, 5) is 34.4. The normalized spacial score (nSPS) is 26.3. The van der Waals surface area contributed by atoms with Crippen LogP contribution in [0.3, 0.4) is 0 Å². The molecule has 39 heavy (non-hydrogen) atoms. The summed E-state index contributed by atoms with van der Waals surface area (Å²) in [7, 11) is 0. The molecule has 2 amide bonds. The number of rotatable bonds is 4. The molecule has 0 spiro atoms. The van der Waals surface area contributed by atoms with Gasteiger partial charge in [0.15, 0.2) is 0 Å². The van der Waals surface area contributed by atoms with Crippen molar-refractivity contribution in [2.75, 3.05) is 24.5 Å². The number of benzene rings is 1. The summed E-state index contributed by atoms with van der Waals surface area (Å²) in [6.45, 7) is 21.9. The molecule has 3 fully saturated rings. The van der Waals surface area contributed by atoms with Crippen LogP contribution >= 0.6 is 11.6 Å². The van der Waals surface area contributed by atoms with Gasteiger partial charge in [-0.25, -0.2) is 0 Å². The van der Waals surface area contributed by atoms with Gasteiger partial charge in [-0.15, -0.1) is 0 Å². The lowest BCUT2D eigenvalue weighted by atomic mass is 9.74. The van der Waals surface area contributed by atoms with Gasteiger partial charge in [-0.1, -0.05) is 67.0 Å². The standard InChI is InChI=1S/C33H52ClN3O2/c1-22-18-26(37(30(39)32(5,6)7)25-12-15-33(8,9)16-13-25)21-36(22)29(38)23-14-17-35(20-23)28-11-10-24(34)19-27(28)31(2,3)4/h10-11,19,22-23,25-26H,12-18,20-21H2,1-9H3/t22-,23-,26-/m0/s1. The highest BCUT2D eigenvalue weighted by Gasteiger charge is 2.45. The van der Waals surface area contributed by atoms with E-state index in [4.69, 9.17) is 11.6 Å². The van der Waals surface area contributed by atoms with E-state index in [2.05, 4.69) is 68.4 Å². The average molecular weight is 558 g/mol. The fourth-order valence-electron chi connectivity index (χ4n) is 6.99. The van der Waals surface area contributed by atoms with E-state index in [9.17, 15) is 9.59 Å². The second-order valence-electron chi connectivity index (χ2n) is 15.4. The molecule has 2 saturated heterocycles. The van der Waals surface area contributed by atoms with Gasteiger partial charge < -0.3 is 14.7 Å². The fourth-order valence-corrected chi connectivity index (χ4v) is 7.16. The Morgan fingerprint density at radius 3 is 2.21 bits per heavy atom. The number of halogens is 1. The van der Waals surface area contributed by atoms with Crippen LogP contribution in [0, 0.1) is 16.7 Å². The maximum absolute atomic E-state index is 13.9. The van der Waals surface area contributed by atoms with Gasteiger partial charge in [0.25, 0.3) is 0 Å². The van der Waals surface area contributed by atoms with Crippen LogP contribution in [-0.4, -0.2) is 59.4 Å². The first kappa shape index (κ1) is 30.2. The lowest BCUT2D eigenvalue weighted by molar-refractivity contribution is -0.146. The van der Waals surface area contributed by atoms with E-state index < -0.39 is 5.41 Å². The molecule has 6 heteroatoms. The Morgan fingerprint density at radius 2 is 1.62 bits per heavy atom. The molecule has 0 N–H and O–H groups in total. The summed E-state index contributed by atoms with van der Waals surface area (Å²) in [6.07, 6.45) is 6.15. The molecular formula is C33H52ClN3O2. The van der Waals surface area contributed by atoms with Crippen molar-refractivity contribution in [2.24, 2.45) is 16.7 Å². The lowest BCUT2D eigenvalue weighted by Crippen LogP contribution is -2.54. The largest absolute Gasteiger partial charge is 0.370 e. The molecule has 0 radical (unpaired) electrons. The number of likely N-dealkylation sites (tertiary alicyclic amines) is 1. The van der Waals surface area contributed by atoms with Crippen molar-refractivity contribution in [3.8, 4) is 0 Å². The highest BCUT2D eigenvalue weighted by Crippen LogP contribution is 2.41. The number of anilines is 1. The van der Waals surface area contributed by atoms with E-state index in [-0.39, 0.29) is 41.3 Å². The van der Waals surface area contributed by atoms with Crippen LogP contribution < -0.4 is 4.90 Å². The number of carbonyl (C=O) groups is 2. The summed E-state index contributed by atoms with van der Waals surface area (Å²) < 4.78 is 0. The Balaban J connectivity index is 1.49. The molecule has 4 rings (SSSR count). The van der Waals surface area contributed by atoms with Crippen LogP contribution in [0.2, 0.25) is 5.02 Å². The van der Waals surface area contributed by atoms with E-state index in [1.54, 1.807) is 0 Å². The highest BCUT2D eigenvalue weighted by molar-refractivity contribution is 6.30. The Bertz CT molecular complexity index is 1060. The molecule has 0 unspecified atom stereocenters. The molecular weight excluding hydrogens is 506 g/mol. The Hall–Kier alpha value is -1.75. The second-order valence-corrected chi connectivity index (χ2v) is 15.9. The first-order valence-electron chi connectivity index (χ1n) is 15.2. The number of hydrogen-bond acceptors (Lipinski definition) is 3. The molecule has 1 aromatic carbocycles. The SMILES string of the molecule is C[C@H]1C[C@H](N(C(=O)C(C)(C)C)C2CCC(C)(C)CC2)CN1C(=O)[C@H]1CCN(c2ccc(Cl)cc2C(C)(C)C)C1. The third kappa shape index (κ3) is 6.60. The van der Waals surface area contributed by atoms with Crippen molar-refractivity contribution < 1.29 is 9.59 Å². The molecule has 1 aromatic rings. The van der Waals surface area contributed by atoms with E-state index in [1.807, 2.05) is 26.8 Å². The van der Waals surface area contributed by atoms with Crippen molar-refractivity contribution >= 4 is 29.1 Å². The van der Waals surface area contributed by atoms with Crippen molar-refractivity contribution in [1.29, 1.82) is 0 Å². The number of amides is 2. The number of hydrogen-bond donors (Lipinski definition) is 0. The first-order valence-corrected chi connectivity index (χ1v) is 15.5. The third-order valence-electron chi connectivity index (χ3n) is 9.45. The second kappa shape index (κ2) is 10.9. The van der Waals surface area contributed by atoms with E-state index >= 15 is 0 Å². The minimum atomic E-state index is -0.428. The monoisotopic (exact) mass is 557 g/mol. The summed E-state index contributed by atoms with van der Waals surface area (Å²) in [5.74, 6) is 0.479. The average Bonchev–Trinajstić information content (AvgIpc) is 3.46. The zero-order valence-electron chi connectivity index (χ0n) is 25.9. The predicted molar refractivity (Wildman–Crippen MR) is 162 cm³/mol. The van der Waals surface area contributed by atoms with Crippen molar-refractivity contribution in [3.05, 3.63) is 28.8 Å². The zero-order chi connectivity index (χ0) is 28.9. The van der Waals surface area contributed by atoms with Gasteiger partial charge in [0.1, 0.15) is 0 Å². The smallest absolute Gasteiger partial charge is 0.228 e. The van der Waals surface area contributed by atoms with Crippen LogP contribution in [0.4, 0.5) is 5.69 Å². The van der Waals surface area contributed by atoms with Gasteiger partial charge in [0.05, 0.1) is 12.0 Å². The molecule has 5 nitrogen and oxygen atoms in total.